The van der Waals surface area contributed by atoms with Gasteiger partial charge in [-0.2, -0.15) is 0 Å². The van der Waals surface area contributed by atoms with E-state index in [4.69, 9.17) is 0 Å². The molecule has 2 nitrogen and oxygen atoms in total. The smallest absolute Gasteiger partial charge is 0.101 e. The van der Waals surface area contributed by atoms with Gasteiger partial charge in [-0.05, 0) is 18.4 Å². The lowest BCUT2D eigenvalue weighted by molar-refractivity contribution is 0.140. The van der Waals surface area contributed by atoms with Crippen LogP contribution in [0.25, 0.3) is 0 Å². The predicted molar refractivity (Wildman–Crippen MR) is 123 cm³/mol. The van der Waals surface area contributed by atoms with Crippen molar-refractivity contribution in [2.75, 3.05) is 6.54 Å². The highest BCUT2D eigenvalue weighted by Crippen LogP contribution is 2.22. The minimum atomic E-state index is 0.535. The van der Waals surface area contributed by atoms with Crippen molar-refractivity contribution in [3.63, 3.8) is 0 Å². The first-order valence-corrected chi connectivity index (χ1v) is 12.1. The maximum Gasteiger partial charge on any atom is 0.101 e. The Morgan fingerprint density at radius 3 is 1.75 bits per heavy atom. The van der Waals surface area contributed by atoms with Gasteiger partial charge in [0.05, 0.1) is 0 Å². The molecule has 158 valence electrons. The van der Waals surface area contributed by atoms with Crippen molar-refractivity contribution in [1.29, 1.82) is 0 Å². The fourth-order valence-electron chi connectivity index (χ4n) is 4.34. The molecule has 1 aromatic rings. The van der Waals surface area contributed by atoms with Gasteiger partial charge in [0, 0.05) is 25.5 Å². The van der Waals surface area contributed by atoms with Gasteiger partial charge >= 0.3 is 0 Å². The molecule has 28 heavy (non-hydrogen) atoms. The lowest BCUT2D eigenvalue weighted by Crippen LogP contribution is -2.38. The largest absolute Gasteiger partial charge is 0.356 e. The average Bonchev–Trinajstić information content (AvgIpc) is 3.11. The molecule has 0 radical (unpaired) electrons. The number of hydrogen-bond acceptors (Lipinski definition) is 2. The van der Waals surface area contributed by atoms with Gasteiger partial charge in [-0.1, -0.05) is 115 Å². The van der Waals surface area contributed by atoms with Crippen LogP contribution in [-0.2, 0) is 6.54 Å². The summed E-state index contributed by atoms with van der Waals surface area (Å²) in [6.07, 6.45) is 23.4. The van der Waals surface area contributed by atoms with Crippen LogP contribution in [0.15, 0.2) is 42.7 Å². The van der Waals surface area contributed by atoms with Crippen LogP contribution in [-0.4, -0.2) is 22.5 Å². The first kappa shape index (κ1) is 22.8. The fraction of sp³-hybridized carbons (Fsp3) is 0.692. The molecule has 0 aromatic heterocycles. The molecule has 0 spiro atoms. The van der Waals surface area contributed by atoms with Crippen LogP contribution in [0.5, 0.6) is 0 Å². The summed E-state index contributed by atoms with van der Waals surface area (Å²) < 4.78 is 0. The molecule has 1 atom stereocenters. The standard InChI is InChI=1S/C26H44N2/c1-3-5-6-7-8-9-10-11-12-13-14-18-21-27-22-23-28(26(27)4-2)24-25-19-16-15-17-20-25/h15-17,19-20,22-23,26H,3-14,18,21,24H2,1-2H3. The van der Waals surface area contributed by atoms with Crippen LogP contribution in [0.1, 0.15) is 103 Å². The lowest BCUT2D eigenvalue weighted by Gasteiger charge is -2.32. The lowest BCUT2D eigenvalue weighted by atomic mass is 10.1. The van der Waals surface area contributed by atoms with Crippen LogP contribution >= 0.6 is 0 Å². The van der Waals surface area contributed by atoms with Crippen molar-refractivity contribution in [2.45, 2.75) is 110 Å². The zero-order valence-corrected chi connectivity index (χ0v) is 18.6. The molecule has 1 unspecified atom stereocenters. The molecular weight excluding hydrogens is 340 g/mol. The predicted octanol–water partition coefficient (Wildman–Crippen LogP) is 7.71. The Labute approximate surface area is 175 Å². The van der Waals surface area contributed by atoms with Crippen molar-refractivity contribution in [2.24, 2.45) is 0 Å². The molecule has 2 rings (SSSR count). The maximum absolute atomic E-state index is 2.55. The first-order valence-electron chi connectivity index (χ1n) is 12.1. The second-order valence-corrected chi connectivity index (χ2v) is 8.47. The van der Waals surface area contributed by atoms with Crippen LogP contribution in [0.2, 0.25) is 0 Å². The number of unbranched alkanes of at least 4 members (excludes halogenated alkanes) is 11. The summed E-state index contributed by atoms with van der Waals surface area (Å²) in [5, 5.41) is 0. The monoisotopic (exact) mass is 384 g/mol. The molecule has 1 aromatic carbocycles. The van der Waals surface area contributed by atoms with Gasteiger partial charge in [0.25, 0.3) is 0 Å². The van der Waals surface area contributed by atoms with E-state index in [1.807, 2.05) is 0 Å². The van der Waals surface area contributed by atoms with E-state index >= 15 is 0 Å². The van der Waals surface area contributed by atoms with E-state index in [9.17, 15) is 0 Å². The van der Waals surface area contributed by atoms with Crippen LogP contribution < -0.4 is 0 Å². The van der Waals surface area contributed by atoms with Gasteiger partial charge in [-0.3, -0.25) is 0 Å². The first-order chi connectivity index (χ1) is 13.8. The van der Waals surface area contributed by atoms with E-state index in [0.717, 1.165) is 6.54 Å². The van der Waals surface area contributed by atoms with E-state index in [-0.39, 0.29) is 0 Å². The number of nitrogens with zero attached hydrogens (tertiary/aromatic N) is 2. The summed E-state index contributed by atoms with van der Waals surface area (Å²) in [6.45, 7) is 6.83. The molecule has 0 amide bonds. The van der Waals surface area contributed by atoms with Gasteiger partial charge in [0.2, 0.25) is 0 Å². The quantitative estimate of drug-likeness (QED) is 0.269. The fourth-order valence-corrected chi connectivity index (χ4v) is 4.34. The Morgan fingerprint density at radius 2 is 1.18 bits per heavy atom. The van der Waals surface area contributed by atoms with Crippen LogP contribution in [0.4, 0.5) is 0 Å². The van der Waals surface area contributed by atoms with Gasteiger partial charge in [0.1, 0.15) is 6.17 Å². The molecule has 0 saturated carbocycles. The molecule has 2 heteroatoms. The van der Waals surface area contributed by atoms with E-state index in [1.54, 1.807) is 0 Å². The Hall–Kier alpha value is -1.44. The summed E-state index contributed by atoms with van der Waals surface area (Å²) in [6, 6.07) is 10.8. The number of hydrogen-bond donors (Lipinski definition) is 0. The summed E-state index contributed by atoms with van der Waals surface area (Å²) in [5.74, 6) is 0. The molecule has 0 fully saturated rings. The zero-order chi connectivity index (χ0) is 19.9. The van der Waals surface area contributed by atoms with Crippen molar-refractivity contribution in [1.82, 2.24) is 9.80 Å². The number of benzene rings is 1. The molecule has 1 heterocycles. The highest BCUT2D eigenvalue weighted by Gasteiger charge is 2.23. The second kappa shape index (κ2) is 14.5. The molecule has 1 aliphatic rings. The second-order valence-electron chi connectivity index (χ2n) is 8.47. The van der Waals surface area contributed by atoms with Crippen molar-refractivity contribution < 1.29 is 0 Å². The minimum absolute atomic E-state index is 0.535. The Kier molecular flexibility index (Phi) is 11.9. The highest BCUT2D eigenvalue weighted by atomic mass is 15.4. The average molecular weight is 385 g/mol. The maximum atomic E-state index is 2.55. The third kappa shape index (κ3) is 8.71. The molecular formula is C26H44N2. The normalized spacial score (nSPS) is 16.3. The van der Waals surface area contributed by atoms with Gasteiger partial charge < -0.3 is 9.80 Å². The van der Waals surface area contributed by atoms with E-state index in [2.05, 4.69) is 66.4 Å². The van der Waals surface area contributed by atoms with Crippen LogP contribution in [0, 0.1) is 0 Å². The topological polar surface area (TPSA) is 6.48 Å². The van der Waals surface area contributed by atoms with Crippen molar-refractivity contribution in [3.8, 4) is 0 Å². The number of rotatable bonds is 16. The SMILES string of the molecule is CCCCCCCCCCCCCCN1C=CN(Cc2ccccc2)C1CC. The minimum Gasteiger partial charge on any atom is -0.356 e. The molecule has 0 aliphatic carbocycles. The Morgan fingerprint density at radius 1 is 0.643 bits per heavy atom. The Bertz CT molecular complexity index is 510. The van der Waals surface area contributed by atoms with E-state index < -0.39 is 0 Å². The van der Waals surface area contributed by atoms with Crippen molar-refractivity contribution in [3.05, 3.63) is 48.3 Å². The molecule has 0 saturated heterocycles. The zero-order valence-electron chi connectivity index (χ0n) is 18.6. The van der Waals surface area contributed by atoms with Crippen molar-refractivity contribution >= 4 is 0 Å². The van der Waals surface area contributed by atoms with Crippen LogP contribution in [0.3, 0.4) is 0 Å². The third-order valence-corrected chi connectivity index (χ3v) is 6.06. The summed E-state index contributed by atoms with van der Waals surface area (Å²) in [5.41, 5.74) is 1.40. The highest BCUT2D eigenvalue weighted by molar-refractivity contribution is 5.15. The molecule has 0 N–H and O–H groups in total. The molecule has 0 bridgehead atoms. The van der Waals surface area contributed by atoms with Gasteiger partial charge in [-0.25, -0.2) is 0 Å². The summed E-state index contributed by atoms with van der Waals surface area (Å²) in [4.78, 5) is 5.05. The van der Waals surface area contributed by atoms with E-state index in [1.165, 1.54) is 95.6 Å². The van der Waals surface area contributed by atoms with Gasteiger partial charge in [-0.15, -0.1) is 0 Å². The van der Waals surface area contributed by atoms with Gasteiger partial charge in [0.15, 0.2) is 0 Å². The third-order valence-electron chi connectivity index (χ3n) is 6.06. The van der Waals surface area contributed by atoms with E-state index in [0.29, 0.717) is 6.17 Å². The summed E-state index contributed by atoms with van der Waals surface area (Å²) >= 11 is 0. The Balaban J connectivity index is 1.49. The molecule has 1 aliphatic heterocycles. The summed E-state index contributed by atoms with van der Waals surface area (Å²) in [7, 11) is 0.